The number of alkyl halides is 3. The molecule has 0 fully saturated rings. The zero-order chi connectivity index (χ0) is 14.9. The second-order valence-electron chi connectivity index (χ2n) is 4.62. The van der Waals surface area contributed by atoms with Crippen molar-refractivity contribution in [1.82, 2.24) is 19.7 Å². The lowest BCUT2D eigenvalue weighted by Gasteiger charge is -2.04. The molecule has 0 amide bonds. The molecule has 0 spiro atoms. The number of para-hydroxylation sites is 1. The van der Waals surface area contributed by atoms with E-state index in [1.807, 2.05) is 30.3 Å². The van der Waals surface area contributed by atoms with Crippen LogP contribution in [0, 0.1) is 0 Å². The average molecular weight is 295 g/mol. The SMILES string of the molecule is FC(F)(F)Cn1cnc(NCc2cc3ccccc3[nH]2)n1. The maximum atomic E-state index is 12.2. The van der Waals surface area contributed by atoms with Crippen LogP contribution in [0.4, 0.5) is 19.1 Å². The van der Waals surface area contributed by atoms with Gasteiger partial charge >= 0.3 is 6.18 Å². The van der Waals surface area contributed by atoms with Gasteiger partial charge in [0.05, 0.1) is 6.54 Å². The largest absolute Gasteiger partial charge is 0.408 e. The molecule has 110 valence electrons. The van der Waals surface area contributed by atoms with Crippen LogP contribution in [0.3, 0.4) is 0 Å². The van der Waals surface area contributed by atoms with E-state index in [2.05, 4.69) is 20.4 Å². The zero-order valence-corrected chi connectivity index (χ0v) is 10.9. The molecule has 3 aromatic rings. The molecule has 0 saturated carbocycles. The number of benzene rings is 1. The lowest BCUT2D eigenvalue weighted by molar-refractivity contribution is -0.142. The van der Waals surface area contributed by atoms with Crippen LogP contribution in [0.1, 0.15) is 5.69 Å². The molecule has 0 aliphatic heterocycles. The maximum Gasteiger partial charge on any atom is 0.408 e. The summed E-state index contributed by atoms with van der Waals surface area (Å²) in [5, 5.41) is 7.69. The van der Waals surface area contributed by atoms with Crippen molar-refractivity contribution >= 4 is 16.9 Å². The van der Waals surface area contributed by atoms with E-state index in [1.165, 1.54) is 0 Å². The second-order valence-corrected chi connectivity index (χ2v) is 4.62. The number of halogens is 3. The normalized spacial score (nSPS) is 12.0. The minimum absolute atomic E-state index is 0.165. The number of rotatable bonds is 4. The average Bonchev–Trinajstić information content (AvgIpc) is 3.00. The van der Waals surface area contributed by atoms with Crippen LogP contribution in [0.15, 0.2) is 36.7 Å². The standard InChI is InChI=1S/C13H12F3N5/c14-13(15,16)7-21-8-18-12(20-21)17-6-10-5-9-3-1-2-4-11(9)19-10/h1-5,8,19H,6-7H2,(H,17,20). The lowest BCUT2D eigenvalue weighted by Crippen LogP contribution is -2.18. The smallest absolute Gasteiger partial charge is 0.357 e. The number of nitrogens with zero attached hydrogens (tertiary/aromatic N) is 3. The Morgan fingerprint density at radius 1 is 1.24 bits per heavy atom. The van der Waals surface area contributed by atoms with E-state index < -0.39 is 12.7 Å². The minimum Gasteiger partial charge on any atom is -0.357 e. The summed E-state index contributed by atoms with van der Waals surface area (Å²) >= 11 is 0. The van der Waals surface area contributed by atoms with Crippen molar-refractivity contribution in [3.63, 3.8) is 0 Å². The van der Waals surface area contributed by atoms with E-state index in [0.29, 0.717) is 6.54 Å². The van der Waals surface area contributed by atoms with Gasteiger partial charge in [0.25, 0.3) is 0 Å². The predicted octanol–water partition coefficient (Wildman–Crippen LogP) is 2.93. The lowest BCUT2D eigenvalue weighted by atomic mass is 10.2. The van der Waals surface area contributed by atoms with Gasteiger partial charge < -0.3 is 10.3 Å². The van der Waals surface area contributed by atoms with Crippen LogP contribution in [0.25, 0.3) is 10.9 Å². The topological polar surface area (TPSA) is 58.5 Å². The molecule has 0 aliphatic rings. The molecule has 0 saturated heterocycles. The Kier molecular flexibility index (Phi) is 3.28. The summed E-state index contributed by atoms with van der Waals surface area (Å²) in [6.45, 7) is -0.737. The van der Waals surface area contributed by atoms with Gasteiger partial charge in [0.1, 0.15) is 12.9 Å². The van der Waals surface area contributed by atoms with Gasteiger partial charge in [-0.3, -0.25) is 0 Å². The van der Waals surface area contributed by atoms with Gasteiger partial charge in [0.15, 0.2) is 0 Å². The predicted molar refractivity (Wildman–Crippen MR) is 71.7 cm³/mol. The summed E-state index contributed by atoms with van der Waals surface area (Å²) in [4.78, 5) is 7.00. The van der Waals surface area contributed by atoms with Gasteiger partial charge in [-0.2, -0.15) is 13.2 Å². The van der Waals surface area contributed by atoms with Gasteiger partial charge in [0, 0.05) is 11.2 Å². The van der Waals surface area contributed by atoms with Crippen molar-refractivity contribution in [2.75, 3.05) is 5.32 Å². The highest BCUT2D eigenvalue weighted by molar-refractivity contribution is 5.80. The molecule has 8 heteroatoms. The third-order valence-electron chi connectivity index (χ3n) is 2.90. The Morgan fingerprint density at radius 3 is 2.81 bits per heavy atom. The van der Waals surface area contributed by atoms with Crippen molar-refractivity contribution in [2.45, 2.75) is 19.3 Å². The number of nitrogens with one attached hydrogen (secondary N) is 2. The highest BCUT2D eigenvalue weighted by Gasteiger charge is 2.28. The molecule has 3 rings (SSSR count). The fourth-order valence-electron chi connectivity index (χ4n) is 2.04. The molecule has 0 aliphatic carbocycles. The molecule has 2 heterocycles. The van der Waals surface area contributed by atoms with E-state index in [0.717, 1.165) is 27.6 Å². The first-order valence-corrected chi connectivity index (χ1v) is 6.26. The molecule has 0 atom stereocenters. The van der Waals surface area contributed by atoms with Gasteiger partial charge in [-0.15, -0.1) is 5.10 Å². The Morgan fingerprint density at radius 2 is 2.05 bits per heavy atom. The first-order chi connectivity index (χ1) is 9.99. The first kappa shape index (κ1) is 13.5. The Hall–Kier alpha value is -2.51. The van der Waals surface area contributed by atoms with Crippen molar-refractivity contribution < 1.29 is 13.2 Å². The molecule has 0 unspecified atom stereocenters. The van der Waals surface area contributed by atoms with Crippen molar-refractivity contribution in [3.05, 3.63) is 42.4 Å². The molecular weight excluding hydrogens is 283 g/mol. The third kappa shape index (κ3) is 3.33. The summed E-state index contributed by atoms with van der Waals surface area (Å²) in [5.41, 5.74) is 1.91. The van der Waals surface area contributed by atoms with Crippen LogP contribution in [-0.4, -0.2) is 25.9 Å². The van der Waals surface area contributed by atoms with Gasteiger partial charge in [-0.05, 0) is 17.5 Å². The first-order valence-electron chi connectivity index (χ1n) is 6.26. The summed E-state index contributed by atoms with van der Waals surface area (Å²) in [5.74, 6) is 0.165. The van der Waals surface area contributed by atoms with Crippen molar-refractivity contribution in [1.29, 1.82) is 0 Å². The van der Waals surface area contributed by atoms with E-state index in [9.17, 15) is 13.2 Å². The van der Waals surface area contributed by atoms with Crippen LogP contribution in [0.2, 0.25) is 0 Å². The van der Waals surface area contributed by atoms with Crippen LogP contribution in [0.5, 0.6) is 0 Å². The Labute approximate surface area is 117 Å². The molecular formula is C13H12F3N5. The van der Waals surface area contributed by atoms with Crippen molar-refractivity contribution in [2.24, 2.45) is 0 Å². The van der Waals surface area contributed by atoms with Gasteiger partial charge in [0.2, 0.25) is 5.95 Å². The number of hydrogen-bond acceptors (Lipinski definition) is 3. The maximum absolute atomic E-state index is 12.2. The summed E-state index contributed by atoms with van der Waals surface area (Å²) in [6.07, 6.45) is -3.25. The molecule has 1 aromatic carbocycles. The summed E-state index contributed by atoms with van der Waals surface area (Å²) in [7, 11) is 0. The van der Waals surface area contributed by atoms with Crippen LogP contribution < -0.4 is 5.32 Å². The van der Waals surface area contributed by atoms with Crippen molar-refractivity contribution in [3.8, 4) is 0 Å². The molecule has 2 N–H and O–H groups in total. The Balaban J connectivity index is 1.64. The van der Waals surface area contributed by atoms with Gasteiger partial charge in [-0.25, -0.2) is 9.67 Å². The fraction of sp³-hybridized carbons (Fsp3) is 0.231. The van der Waals surface area contributed by atoms with E-state index >= 15 is 0 Å². The Bertz CT molecular complexity index is 710. The molecule has 0 radical (unpaired) electrons. The molecule has 0 bridgehead atoms. The van der Waals surface area contributed by atoms with E-state index in [-0.39, 0.29) is 5.95 Å². The van der Waals surface area contributed by atoms with Gasteiger partial charge in [-0.1, -0.05) is 18.2 Å². The third-order valence-corrected chi connectivity index (χ3v) is 2.90. The molecule has 2 aromatic heterocycles. The molecule has 21 heavy (non-hydrogen) atoms. The number of fused-ring (bicyclic) bond motifs is 1. The zero-order valence-electron chi connectivity index (χ0n) is 10.9. The minimum atomic E-state index is -4.30. The number of anilines is 1. The van der Waals surface area contributed by atoms with E-state index in [1.54, 1.807) is 0 Å². The molecule has 5 nitrogen and oxygen atoms in total. The fourth-order valence-corrected chi connectivity index (χ4v) is 2.04. The van der Waals surface area contributed by atoms with Crippen LogP contribution >= 0.6 is 0 Å². The monoisotopic (exact) mass is 295 g/mol. The number of aromatic amines is 1. The highest BCUT2D eigenvalue weighted by Crippen LogP contribution is 2.17. The second kappa shape index (κ2) is 5.12. The number of hydrogen-bond donors (Lipinski definition) is 2. The number of H-pyrrole nitrogens is 1. The van der Waals surface area contributed by atoms with Crippen LogP contribution in [-0.2, 0) is 13.1 Å². The summed E-state index contributed by atoms with van der Waals surface area (Å²) in [6, 6.07) is 9.76. The highest BCUT2D eigenvalue weighted by atomic mass is 19.4. The summed E-state index contributed by atoms with van der Waals surface area (Å²) < 4.78 is 37.4. The van der Waals surface area contributed by atoms with E-state index in [4.69, 9.17) is 0 Å². The quantitative estimate of drug-likeness (QED) is 0.778. The number of aromatic nitrogens is 4.